The van der Waals surface area contributed by atoms with Crippen molar-refractivity contribution in [1.29, 1.82) is 0 Å². The number of aliphatic hydroxyl groups excluding tert-OH is 1. The van der Waals surface area contributed by atoms with Crippen molar-refractivity contribution in [2.75, 3.05) is 0 Å². The SMILES string of the molecule is CC.Cc1c(F)cc2nc3c(c4c2c1CC4(C)N)Cn1c-3cc2c(c1=O)COC(=O)C2O. The molecule has 7 nitrogen and oxygen atoms in total. The van der Waals surface area contributed by atoms with Gasteiger partial charge >= 0.3 is 5.97 Å². The first-order valence-corrected chi connectivity index (χ1v) is 10.7. The summed E-state index contributed by atoms with van der Waals surface area (Å²) in [7, 11) is 0. The monoisotopic (exact) mass is 437 g/mol. The van der Waals surface area contributed by atoms with Gasteiger partial charge in [0.15, 0.2) is 6.10 Å². The van der Waals surface area contributed by atoms with Gasteiger partial charge in [0.1, 0.15) is 12.4 Å². The molecule has 2 aromatic heterocycles. The highest BCUT2D eigenvalue weighted by atomic mass is 19.1. The van der Waals surface area contributed by atoms with Crippen LogP contribution in [-0.2, 0) is 34.6 Å². The number of cyclic esters (lactones) is 1. The van der Waals surface area contributed by atoms with E-state index in [2.05, 4.69) is 0 Å². The van der Waals surface area contributed by atoms with Gasteiger partial charge in [-0.2, -0.15) is 0 Å². The van der Waals surface area contributed by atoms with E-state index in [1.165, 1.54) is 6.07 Å². The zero-order chi connectivity index (χ0) is 23.1. The Morgan fingerprint density at radius 3 is 2.69 bits per heavy atom. The molecule has 1 aliphatic carbocycles. The fourth-order valence-corrected chi connectivity index (χ4v) is 5.24. The van der Waals surface area contributed by atoms with Crippen LogP contribution in [0.15, 0.2) is 16.9 Å². The van der Waals surface area contributed by atoms with Gasteiger partial charge in [-0.25, -0.2) is 14.2 Å². The van der Waals surface area contributed by atoms with Crippen LogP contribution >= 0.6 is 0 Å². The number of halogens is 1. The molecule has 0 saturated heterocycles. The van der Waals surface area contributed by atoms with E-state index in [9.17, 15) is 19.1 Å². The average Bonchev–Trinajstić information content (AvgIpc) is 3.26. The van der Waals surface area contributed by atoms with Crippen molar-refractivity contribution in [1.82, 2.24) is 9.55 Å². The molecule has 2 unspecified atom stereocenters. The second-order valence-corrected chi connectivity index (χ2v) is 8.63. The Hall–Kier alpha value is -3.10. The maximum atomic E-state index is 14.6. The molecule has 4 heterocycles. The van der Waals surface area contributed by atoms with Crippen LogP contribution in [0, 0.1) is 12.7 Å². The molecule has 32 heavy (non-hydrogen) atoms. The largest absolute Gasteiger partial charge is 0.458 e. The van der Waals surface area contributed by atoms with E-state index < -0.39 is 17.6 Å². The highest BCUT2D eigenvalue weighted by molar-refractivity contribution is 5.95. The van der Waals surface area contributed by atoms with Crippen molar-refractivity contribution in [3.05, 3.63) is 61.7 Å². The van der Waals surface area contributed by atoms with Gasteiger partial charge in [0.05, 0.1) is 29.0 Å². The van der Waals surface area contributed by atoms with Crippen molar-refractivity contribution < 1.29 is 19.0 Å². The lowest BCUT2D eigenvalue weighted by Crippen LogP contribution is -2.34. The summed E-state index contributed by atoms with van der Waals surface area (Å²) < 4.78 is 21.1. The Kier molecular flexibility index (Phi) is 4.35. The van der Waals surface area contributed by atoms with Crippen LogP contribution in [0.1, 0.15) is 60.3 Å². The first kappa shape index (κ1) is 20.8. The van der Waals surface area contributed by atoms with Gasteiger partial charge < -0.3 is 20.1 Å². The van der Waals surface area contributed by atoms with E-state index >= 15 is 0 Å². The number of fused-ring (bicyclic) bond motifs is 5. The van der Waals surface area contributed by atoms with E-state index in [-0.39, 0.29) is 35.7 Å². The predicted molar refractivity (Wildman–Crippen MR) is 117 cm³/mol. The second-order valence-electron chi connectivity index (χ2n) is 8.63. The van der Waals surface area contributed by atoms with Crippen molar-refractivity contribution in [2.24, 2.45) is 5.73 Å². The first-order valence-electron chi connectivity index (χ1n) is 10.7. The lowest BCUT2D eigenvalue weighted by atomic mass is 9.90. The molecule has 166 valence electrons. The van der Waals surface area contributed by atoms with Crippen molar-refractivity contribution in [3.63, 3.8) is 0 Å². The number of carbonyl (C=O) groups excluding carboxylic acids is 1. The number of hydrogen-bond acceptors (Lipinski definition) is 6. The molecule has 3 aliphatic rings. The van der Waals surface area contributed by atoms with Gasteiger partial charge in [0, 0.05) is 28.1 Å². The van der Waals surface area contributed by atoms with Crippen LogP contribution in [-0.4, -0.2) is 20.6 Å². The Balaban J connectivity index is 0.00000105. The van der Waals surface area contributed by atoms with Crippen LogP contribution in [0.4, 0.5) is 4.39 Å². The molecule has 8 heteroatoms. The number of pyridine rings is 2. The van der Waals surface area contributed by atoms with Crippen LogP contribution in [0.25, 0.3) is 22.3 Å². The Labute approximate surface area is 183 Å². The molecule has 3 N–H and O–H groups in total. The summed E-state index contributed by atoms with van der Waals surface area (Å²) >= 11 is 0. The normalized spacial score (nSPS) is 22.1. The molecule has 0 saturated carbocycles. The number of nitrogens with zero attached hydrogens (tertiary/aromatic N) is 2. The fourth-order valence-electron chi connectivity index (χ4n) is 5.24. The van der Waals surface area contributed by atoms with Gasteiger partial charge in [-0.3, -0.25) is 4.79 Å². The van der Waals surface area contributed by atoms with Crippen LogP contribution in [0.3, 0.4) is 0 Å². The Morgan fingerprint density at radius 2 is 1.97 bits per heavy atom. The third-order valence-electron chi connectivity index (χ3n) is 6.69. The zero-order valence-corrected chi connectivity index (χ0v) is 18.4. The van der Waals surface area contributed by atoms with Crippen LogP contribution in [0.5, 0.6) is 0 Å². The molecule has 0 spiro atoms. The molecule has 0 radical (unpaired) electrons. The number of nitrogens with two attached hydrogens (primary N) is 1. The molecule has 0 fully saturated rings. The molecule has 2 atom stereocenters. The molecule has 0 amide bonds. The topological polar surface area (TPSA) is 107 Å². The smallest absolute Gasteiger partial charge is 0.340 e. The Bertz CT molecular complexity index is 1410. The van der Waals surface area contributed by atoms with Gasteiger partial charge in [0.2, 0.25) is 0 Å². The summed E-state index contributed by atoms with van der Waals surface area (Å²) in [5.74, 6) is -1.13. The average molecular weight is 437 g/mol. The zero-order valence-electron chi connectivity index (χ0n) is 18.4. The highest BCUT2D eigenvalue weighted by Crippen LogP contribution is 2.47. The van der Waals surface area contributed by atoms with E-state index in [1.807, 2.05) is 20.8 Å². The summed E-state index contributed by atoms with van der Waals surface area (Å²) in [5.41, 5.74) is 10.8. The van der Waals surface area contributed by atoms with Gasteiger partial charge in [-0.1, -0.05) is 13.8 Å². The standard InChI is InChI=1S/C22H18FN3O4.C2H6/c1-8-10-5-22(2,24)17-11-6-26-15(18(11)25-14(16(10)17)4-13(8)23)3-9-12(20(26)28)7-30-21(29)19(9)27;1-2/h3-4,19,27H,5-7,24H2,1-2H3;1-2H3. The molecule has 2 aliphatic heterocycles. The molecular weight excluding hydrogens is 413 g/mol. The van der Waals surface area contributed by atoms with E-state index in [4.69, 9.17) is 15.5 Å². The van der Waals surface area contributed by atoms with Gasteiger partial charge in [-0.05, 0) is 43.0 Å². The number of hydrogen-bond donors (Lipinski definition) is 2. The van der Waals surface area contributed by atoms with E-state index in [0.29, 0.717) is 28.9 Å². The summed E-state index contributed by atoms with van der Waals surface area (Å²) in [6, 6.07) is 3.03. The lowest BCUT2D eigenvalue weighted by Gasteiger charge is -2.22. The summed E-state index contributed by atoms with van der Waals surface area (Å²) in [6.45, 7) is 7.76. The van der Waals surface area contributed by atoms with Crippen molar-refractivity contribution in [2.45, 2.75) is 58.9 Å². The number of rotatable bonds is 0. The molecule has 1 aromatic carbocycles. The third kappa shape index (κ3) is 2.50. The maximum Gasteiger partial charge on any atom is 0.340 e. The summed E-state index contributed by atoms with van der Waals surface area (Å²) in [5, 5.41) is 11.1. The minimum atomic E-state index is -1.52. The van der Waals surface area contributed by atoms with Crippen molar-refractivity contribution in [3.8, 4) is 11.4 Å². The van der Waals surface area contributed by atoms with Crippen LogP contribution < -0.4 is 11.3 Å². The van der Waals surface area contributed by atoms with E-state index in [0.717, 1.165) is 22.1 Å². The first-order chi connectivity index (χ1) is 15.2. The quantitative estimate of drug-likeness (QED) is 0.410. The number of esters is 1. The van der Waals surface area contributed by atoms with Crippen molar-refractivity contribution >= 4 is 16.9 Å². The van der Waals surface area contributed by atoms with Crippen LogP contribution in [0.2, 0.25) is 0 Å². The fraction of sp³-hybridized carbons (Fsp3) is 0.375. The molecular formula is C24H24FN3O4. The Morgan fingerprint density at radius 1 is 1.25 bits per heavy atom. The lowest BCUT2D eigenvalue weighted by molar-refractivity contribution is -0.157. The summed E-state index contributed by atoms with van der Waals surface area (Å²) in [4.78, 5) is 29.6. The number of carbonyl (C=O) groups is 1. The molecule has 0 bridgehead atoms. The minimum Gasteiger partial charge on any atom is -0.458 e. The number of aromatic nitrogens is 2. The number of aliphatic hydroxyl groups is 1. The minimum absolute atomic E-state index is 0.174. The van der Waals surface area contributed by atoms with Gasteiger partial charge in [-0.15, -0.1) is 0 Å². The second kappa shape index (κ2) is 6.70. The number of ether oxygens (including phenoxy) is 1. The number of benzene rings is 1. The maximum absolute atomic E-state index is 14.6. The summed E-state index contributed by atoms with van der Waals surface area (Å²) in [6.07, 6.45) is -1.03. The third-order valence-corrected chi connectivity index (χ3v) is 6.69. The highest BCUT2D eigenvalue weighted by Gasteiger charge is 2.41. The van der Waals surface area contributed by atoms with E-state index in [1.54, 1.807) is 17.6 Å². The predicted octanol–water partition coefficient (Wildman–Crippen LogP) is 2.72. The molecule has 3 aromatic rings. The van der Waals surface area contributed by atoms with Gasteiger partial charge in [0.25, 0.3) is 5.56 Å². The molecule has 6 rings (SSSR count).